The van der Waals surface area contributed by atoms with E-state index in [1.54, 1.807) is 0 Å². The first kappa shape index (κ1) is 20.7. The number of alkyl carbamates (subject to hydrolysis) is 1. The summed E-state index contributed by atoms with van der Waals surface area (Å²) in [7, 11) is 0. The molecule has 1 saturated heterocycles. The molecule has 1 aromatic rings. The smallest absolute Gasteiger partial charge is 0.407 e. The summed E-state index contributed by atoms with van der Waals surface area (Å²) in [5.74, 6) is 0.903. The van der Waals surface area contributed by atoms with Crippen LogP contribution in [0.25, 0.3) is 0 Å². The Morgan fingerprint density at radius 3 is 2.71 bits per heavy atom. The summed E-state index contributed by atoms with van der Waals surface area (Å²) in [6, 6.07) is 5.91. The van der Waals surface area contributed by atoms with Crippen LogP contribution in [0.5, 0.6) is 5.75 Å². The van der Waals surface area contributed by atoms with Gasteiger partial charge in [0.25, 0.3) is 0 Å². The van der Waals surface area contributed by atoms with Gasteiger partial charge in [-0.1, -0.05) is 6.07 Å². The summed E-state index contributed by atoms with van der Waals surface area (Å²) in [6.07, 6.45) is 1.90. The number of fused-ring (bicyclic) bond motifs is 1. The van der Waals surface area contributed by atoms with Gasteiger partial charge in [-0.3, -0.25) is 0 Å². The van der Waals surface area contributed by atoms with Crippen molar-refractivity contribution < 1.29 is 19.0 Å². The van der Waals surface area contributed by atoms with Crippen LogP contribution in [0.4, 0.5) is 10.5 Å². The third kappa shape index (κ3) is 5.48. The second-order valence-electron chi connectivity index (χ2n) is 8.21. The normalized spacial score (nSPS) is 17.8. The van der Waals surface area contributed by atoms with E-state index in [-0.39, 0.29) is 5.54 Å². The zero-order chi connectivity index (χ0) is 20.2. The van der Waals surface area contributed by atoms with Crippen LogP contribution in [0.2, 0.25) is 0 Å². The summed E-state index contributed by atoms with van der Waals surface area (Å²) in [4.78, 5) is 12.1. The SMILES string of the molecule is CC(C)(C)OC(=O)NCC1(NC(=S)Nc2cccc3c2CCO3)CCOCC1. The highest BCUT2D eigenvalue weighted by molar-refractivity contribution is 7.80. The Kier molecular flexibility index (Phi) is 6.30. The molecule has 2 heterocycles. The summed E-state index contributed by atoms with van der Waals surface area (Å²) in [5, 5.41) is 10.1. The number of ether oxygens (including phenoxy) is 3. The third-order valence-electron chi connectivity index (χ3n) is 4.79. The number of thiocarbonyl (C=S) groups is 1. The Labute approximate surface area is 171 Å². The number of nitrogens with one attached hydrogen (secondary N) is 3. The highest BCUT2D eigenvalue weighted by Gasteiger charge is 2.34. The lowest BCUT2D eigenvalue weighted by Gasteiger charge is -2.39. The van der Waals surface area contributed by atoms with Gasteiger partial charge in [0, 0.05) is 37.4 Å². The van der Waals surface area contributed by atoms with E-state index in [9.17, 15) is 4.79 Å². The van der Waals surface area contributed by atoms with Crippen LogP contribution < -0.4 is 20.7 Å². The Balaban J connectivity index is 1.63. The van der Waals surface area contributed by atoms with Crippen molar-refractivity contribution in [3.8, 4) is 5.75 Å². The van der Waals surface area contributed by atoms with E-state index in [2.05, 4.69) is 16.0 Å². The van der Waals surface area contributed by atoms with E-state index < -0.39 is 11.7 Å². The molecule has 1 fully saturated rings. The van der Waals surface area contributed by atoms with Crippen LogP contribution in [0, 0.1) is 0 Å². The van der Waals surface area contributed by atoms with E-state index in [4.69, 9.17) is 26.4 Å². The van der Waals surface area contributed by atoms with Crippen LogP contribution in [-0.4, -0.2) is 48.7 Å². The van der Waals surface area contributed by atoms with E-state index in [1.165, 1.54) is 0 Å². The topological polar surface area (TPSA) is 80.9 Å². The molecule has 0 atom stereocenters. The van der Waals surface area contributed by atoms with Crippen LogP contribution in [0.1, 0.15) is 39.2 Å². The summed E-state index contributed by atoms with van der Waals surface area (Å²) >= 11 is 5.58. The minimum Gasteiger partial charge on any atom is -0.493 e. The van der Waals surface area contributed by atoms with E-state index in [0.717, 1.165) is 36.3 Å². The lowest BCUT2D eigenvalue weighted by atomic mass is 9.90. The molecule has 154 valence electrons. The fourth-order valence-electron chi connectivity index (χ4n) is 3.40. The largest absolute Gasteiger partial charge is 0.493 e. The van der Waals surface area contributed by atoms with Gasteiger partial charge in [-0.2, -0.15) is 0 Å². The lowest BCUT2D eigenvalue weighted by Crippen LogP contribution is -2.59. The molecule has 7 nitrogen and oxygen atoms in total. The Bertz CT molecular complexity index is 727. The van der Waals surface area contributed by atoms with Crippen molar-refractivity contribution in [2.45, 2.75) is 51.2 Å². The molecule has 2 aliphatic heterocycles. The van der Waals surface area contributed by atoms with Gasteiger partial charge < -0.3 is 30.2 Å². The number of hydrogen-bond acceptors (Lipinski definition) is 5. The molecular weight excluding hydrogens is 378 g/mol. The first-order valence-corrected chi connectivity index (χ1v) is 10.1. The molecule has 2 aliphatic rings. The molecule has 0 bridgehead atoms. The molecule has 3 rings (SSSR count). The minimum absolute atomic E-state index is 0.381. The Hall–Kier alpha value is -2.06. The van der Waals surface area contributed by atoms with Crippen molar-refractivity contribution >= 4 is 29.1 Å². The summed E-state index contributed by atoms with van der Waals surface area (Å²) in [5.41, 5.74) is 1.18. The second-order valence-corrected chi connectivity index (χ2v) is 8.62. The van der Waals surface area contributed by atoms with Crippen molar-refractivity contribution in [2.75, 3.05) is 31.7 Å². The maximum Gasteiger partial charge on any atom is 0.407 e. The van der Waals surface area contributed by atoms with E-state index in [0.29, 0.717) is 31.5 Å². The third-order valence-corrected chi connectivity index (χ3v) is 4.99. The van der Waals surface area contributed by atoms with Gasteiger partial charge in [0.2, 0.25) is 0 Å². The first-order chi connectivity index (χ1) is 13.3. The Morgan fingerprint density at radius 2 is 2.00 bits per heavy atom. The molecule has 0 unspecified atom stereocenters. The first-order valence-electron chi connectivity index (χ1n) is 9.65. The van der Waals surface area contributed by atoms with E-state index in [1.807, 2.05) is 39.0 Å². The van der Waals surface area contributed by atoms with Crippen molar-refractivity contribution in [1.29, 1.82) is 0 Å². The number of carbonyl (C=O) groups excluding carboxylic acids is 1. The van der Waals surface area contributed by atoms with Gasteiger partial charge in [0.15, 0.2) is 5.11 Å². The summed E-state index contributed by atoms with van der Waals surface area (Å²) in [6.45, 7) is 7.85. The van der Waals surface area contributed by atoms with Crippen molar-refractivity contribution in [3.63, 3.8) is 0 Å². The van der Waals surface area contributed by atoms with Gasteiger partial charge in [-0.25, -0.2) is 4.79 Å². The molecule has 0 saturated carbocycles. The highest BCUT2D eigenvalue weighted by Crippen LogP contribution is 2.31. The number of benzene rings is 1. The van der Waals surface area contributed by atoms with Gasteiger partial charge in [-0.05, 0) is 58.0 Å². The van der Waals surface area contributed by atoms with Crippen LogP contribution in [0.3, 0.4) is 0 Å². The molecule has 3 N–H and O–H groups in total. The second kappa shape index (κ2) is 8.53. The molecule has 0 aromatic heterocycles. The van der Waals surface area contributed by atoms with Gasteiger partial charge in [0.05, 0.1) is 12.1 Å². The maximum absolute atomic E-state index is 12.1. The molecule has 28 heavy (non-hydrogen) atoms. The fourth-order valence-corrected chi connectivity index (χ4v) is 3.72. The number of carbonyl (C=O) groups is 1. The highest BCUT2D eigenvalue weighted by atomic mass is 32.1. The van der Waals surface area contributed by atoms with Gasteiger partial charge >= 0.3 is 6.09 Å². The summed E-state index contributed by atoms with van der Waals surface area (Å²) < 4.78 is 16.5. The minimum atomic E-state index is -0.535. The standard InChI is InChI=1S/C20H29N3O4S/c1-19(2,3)27-18(24)21-13-20(8-11-25-12-9-20)23-17(28)22-15-5-4-6-16-14(15)7-10-26-16/h4-6H,7-13H2,1-3H3,(H,21,24)(H2,22,23,28). The molecule has 8 heteroatoms. The zero-order valence-corrected chi connectivity index (χ0v) is 17.5. The maximum atomic E-state index is 12.1. The molecule has 0 radical (unpaired) electrons. The van der Waals surface area contributed by atoms with Crippen LogP contribution in [0.15, 0.2) is 18.2 Å². The van der Waals surface area contributed by atoms with Gasteiger partial charge in [0.1, 0.15) is 11.4 Å². The van der Waals surface area contributed by atoms with Crippen LogP contribution in [-0.2, 0) is 15.9 Å². The predicted octanol–water partition coefficient (Wildman–Crippen LogP) is 2.98. The van der Waals surface area contributed by atoms with Gasteiger partial charge in [-0.15, -0.1) is 0 Å². The van der Waals surface area contributed by atoms with Crippen molar-refractivity contribution in [3.05, 3.63) is 23.8 Å². The zero-order valence-electron chi connectivity index (χ0n) is 16.7. The molecule has 1 aromatic carbocycles. The van der Waals surface area contributed by atoms with Crippen LogP contribution >= 0.6 is 12.2 Å². The number of hydrogen-bond donors (Lipinski definition) is 3. The van der Waals surface area contributed by atoms with Crippen molar-refractivity contribution in [1.82, 2.24) is 10.6 Å². The monoisotopic (exact) mass is 407 g/mol. The Morgan fingerprint density at radius 1 is 1.25 bits per heavy atom. The fraction of sp³-hybridized carbons (Fsp3) is 0.600. The average molecular weight is 408 g/mol. The van der Waals surface area contributed by atoms with E-state index >= 15 is 0 Å². The molecular formula is C20H29N3O4S. The molecule has 0 spiro atoms. The number of anilines is 1. The lowest BCUT2D eigenvalue weighted by molar-refractivity contribution is 0.0348. The number of amides is 1. The number of rotatable bonds is 4. The average Bonchev–Trinajstić information content (AvgIpc) is 3.09. The quantitative estimate of drug-likeness (QED) is 0.662. The van der Waals surface area contributed by atoms with Crippen molar-refractivity contribution in [2.24, 2.45) is 0 Å². The molecule has 1 amide bonds. The molecule has 0 aliphatic carbocycles. The predicted molar refractivity (Wildman–Crippen MR) is 112 cm³/mol.